The Morgan fingerprint density at radius 1 is 0.800 bits per heavy atom. The highest BCUT2D eigenvalue weighted by molar-refractivity contribution is 7.09. The molecule has 6 rings (SSSR count). The molecule has 1 saturated carbocycles. The van der Waals surface area contributed by atoms with Crippen molar-refractivity contribution in [2.75, 3.05) is 5.32 Å². The van der Waals surface area contributed by atoms with Crippen LogP contribution in [0.2, 0.25) is 0 Å². The largest absolute Gasteiger partial charge is 0.488 e. The van der Waals surface area contributed by atoms with E-state index in [1.807, 2.05) is 47.8 Å². The van der Waals surface area contributed by atoms with Gasteiger partial charge in [-0.1, -0.05) is 79.9 Å². The van der Waals surface area contributed by atoms with Crippen LogP contribution in [0.3, 0.4) is 0 Å². The summed E-state index contributed by atoms with van der Waals surface area (Å²) >= 11 is 1.67. The quantitative estimate of drug-likeness (QED) is 0.147. The topological polar surface area (TPSA) is 66.5 Å². The number of carbonyl (C=O) groups is 1. The van der Waals surface area contributed by atoms with E-state index in [1.165, 1.54) is 48.1 Å². The summed E-state index contributed by atoms with van der Waals surface area (Å²) in [6, 6.07) is 33.3. The van der Waals surface area contributed by atoms with Gasteiger partial charge in [0.15, 0.2) is 0 Å². The maximum atomic E-state index is 13.5. The van der Waals surface area contributed by atoms with Gasteiger partial charge in [-0.05, 0) is 82.4 Å². The van der Waals surface area contributed by atoms with E-state index in [1.54, 1.807) is 28.6 Å². The normalized spacial score (nSPS) is 13.3. The van der Waals surface area contributed by atoms with Crippen LogP contribution in [0.1, 0.15) is 53.7 Å². The third-order valence-corrected chi connectivity index (χ3v) is 9.11. The van der Waals surface area contributed by atoms with Gasteiger partial charge >= 0.3 is 6.03 Å². The molecular weight excluding hydrogens is 577 g/mol. The molecule has 1 aliphatic rings. The van der Waals surface area contributed by atoms with Crippen LogP contribution in [0.25, 0.3) is 11.1 Å². The van der Waals surface area contributed by atoms with E-state index < -0.39 is 0 Å². The lowest BCUT2D eigenvalue weighted by Gasteiger charge is -2.23. The van der Waals surface area contributed by atoms with Gasteiger partial charge < -0.3 is 20.3 Å². The number of carbonyl (C=O) groups excluding carboxylic acids is 1. The first-order valence-corrected chi connectivity index (χ1v) is 16.7. The Hall–Kier alpha value is -4.46. The van der Waals surface area contributed by atoms with Crippen molar-refractivity contribution in [1.29, 1.82) is 0 Å². The smallest absolute Gasteiger partial charge is 0.322 e. The second-order valence-electron chi connectivity index (χ2n) is 11.6. The lowest BCUT2D eigenvalue weighted by Crippen LogP contribution is -2.34. The first kappa shape index (κ1) is 30.6. The minimum Gasteiger partial charge on any atom is -0.488 e. The molecule has 0 unspecified atom stereocenters. The number of rotatable bonds is 12. The molecule has 3 aromatic carbocycles. The average Bonchev–Trinajstić information content (AvgIpc) is 3.62. The highest BCUT2D eigenvalue weighted by Crippen LogP contribution is 2.24. The van der Waals surface area contributed by atoms with Gasteiger partial charge in [-0.15, -0.1) is 11.3 Å². The maximum absolute atomic E-state index is 13.5. The van der Waals surface area contributed by atoms with E-state index in [9.17, 15) is 4.79 Å². The third kappa shape index (κ3) is 9.03. The number of aromatic nitrogens is 1. The molecule has 0 bridgehead atoms. The number of nitrogens with zero attached hydrogens (tertiary/aromatic N) is 2. The van der Waals surface area contributed by atoms with Crippen molar-refractivity contribution in [3.8, 4) is 16.9 Å². The van der Waals surface area contributed by atoms with E-state index in [4.69, 9.17) is 4.74 Å². The van der Waals surface area contributed by atoms with Gasteiger partial charge in [0.1, 0.15) is 12.4 Å². The van der Waals surface area contributed by atoms with Crippen LogP contribution in [0.5, 0.6) is 5.75 Å². The predicted octanol–water partition coefficient (Wildman–Crippen LogP) is 9.05. The summed E-state index contributed by atoms with van der Waals surface area (Å²) in [7, 11) is 0. The minimum atomic E-state index is -0.174. The molecule has 2 amide bonds. The molecule has 0 aliphatic heterocycles. The number of thiophene rings is 1. The van der Waals surface area contributed by atoms with Gasteiger partial charge in [0.25, 0.3) is 0 Å². The Morgan fingerprint density at radius 2 is 1.51 bits per heavy atom. The molecule has 5 aromatic rings. The highest BCUT2D eigenvalue weighted by Gasteiger charge is 2.16. The van der Waals surface area contributed by atoms with Crippen molar-refractivity contribution in [3.63, 3.8) is 0 Å². The maximum Gasteiger partial charge on any atom is 0.322 e. The summed E-state index contributed by atoms with van der Waals surface area (Å²) in [6.07, 6.45) is 10.2. The van der Waals surface area contributed by atoms with Crippen molar-refractivity contribution in [2.24, 2.45) is 0 Å². The molecule has 1 fully saturated rings. The zero-order valence-electron chi connectivity index (χ0n) is 25.5. The summed E-state index contributed by atoms with van der Waals surface area (Å²) < 4.78 is 5.87. The molecule has 2 heterocycles. The third-order valence-electron chi connectivity index (χ3n) is 8.26. The fourth-order valence-corrected chi connectivity index (χ4v) is 6.32. The van der Waals surface area contributed by atoms with Crippen molar-refractivity contribution >= 4 is 23.1 Å². The summed E-state index contributed by atoms with van der Waals surface area (Å²) in [4.78, 5) is 20.7. The second kappa shape index (κ2) is 15.5. The molecular formula is C38H40N4O2S. The molecule has 0 saturated heterocycles. The number of hydrogen-bond acceptors (Lipinski definition) is 5. The van der Waals surface area contributed by atoms with Crippen molar-refractivity contribution in [3.05, 3.63) is 136 Å². The van der Waals surface area contributed by atoms with Crippen LogP contribution < -0.4 is 15.4 Å². The van der Waals surface area contributed by atoms with E-state index in [2.05, 4.69) is 70.2 Å². The van der Waals surface area contributed by atoms with E-state index in [0.29, 0.717) is 31.4 Å². The lowest BCUT2D eigenvalue weighted by molar-refractivity contribution is 0.206. The number of anilines is 1. The van der Waals surface area contributed by atoms with Crippen molar-refractivity contribution in [2.45, 2.75) is 64.4 Å². The molecule has 0 radical (unpaired) electrons. The molecule has 1 aliphatic carbocycles. The number of ether oxygens (including phenoxy) is 1. The molecule has 2 aromatic heterocycles. The molecule has 2 N–H and O–H groups in total. The van der Waals surface area contributed by atoms with Gasteiger partial charge in [0, 0.05) is 48.6 Å². The van der Waals surface area contributed by atoms with Crippen LogP contribution in [0, 0.1) is 0 Å². The Balaban J connectivity index is 1.07. The van der Waals surface area contributed by atoms with E-state index >= 15 is 0 Å². The monoisotopic (exact) mass is 616 g/mol. The highest BCUT2D eigenvalue weighted by atomic mass is 32.1. The molecule has 45 heavy (non-hydrogen) atoms. The zero-order valence-corrected chi connectivity index (χ0v) is 26.3. The van der Waals surface area contributed by atoms with Gasteiger partial charge in [0.2, 0.25) is 0 Å². The minimum absolute atomic E-state index is 0.174. The second-order valence-corrected chi connectivity index (χ2v) is 12.7. The first-order chi connectivity index (χ1) is 22.2. The van der Waals surface area contributed by atoms with Crippen LogP contribution in [-0.4, -0.2) is 22.0 Å². The van der Waals surface area contributed by atoms with Gasteiger partial charge in [-0.2, -0.15) is 0 Å². The Morgan fingerprint density at radius 3 is 2.18 bits per heavy atom. The fourth-order valence-electron chi connectivity index (χ4n) is 5.70. The first-order valence-electron chi connectivity index (χ1n) is 15.8. The lowest BCUT2D eigenvalue weighted by atomic mass is 9.95. The van der Waals surface area contributed by atoms with Crippen LogP contribution in [-0.2, 0) is 26.2 Å². The number of nitrogens with one attached hydrogen (secondary N) is 2. The Kier molecular flexibility index (Phi) is 10.5. The predicted molar refractivity (Wildman–Crippen MR) is 183 cm³/mol. The molecule has 230 valence electrons. The average molecular weight is 617 g/mol. The number of hydrogen-bond donors (Lipinski definition) is 2. The van der Waals surface area contributed by atoms with Gasteiger partial charge in [-0.3, -0.25) is 4.98 Å². The zero-order chi connectivity index (χ0) is 30.7. The molecule has 0 atom stereocenters. The molecule has 7 heteroatoms. The molecule has 6 nitrogen and oxygen atoms in total. The van der Waals surface area contributed by atoms with E-state index in [-0.39, 0.29) is 6.03 Å². The number of urea groups is 1. The SMILES string of the molecule is O=C(Nc1ccc(OCc2cccs2)cc1)N(Cc1ccc(-c2ccc(CNC3CCCCC3)cc2)cc1)Cc1cccnc1. The van der Waals surface area contributed by atoms with Gasteiger partial charge in [0.05, 0.1) is 0 Å². The number of amides is 2. The van der Waals surface area contributed by atoms with Crippen molar-refractivity contribution < 1.29 is 9.53 Å². The summed E-state index contributed by atoms with van der Waals surface area (Å²) in [6.45, 7) is 2.37. The van der Waals surface area contributed by atoms with Crippen molar-refractivity contribution in [1.82, 2.24) is 15.2 Å². The van der Waals surface area contributed by atoms with Crippen LogP contribution in [0.4, 0.5) is 10.5 Å². The summed E-state index contributed by atoms with van der Waals surface area (Å²) in [5.41, 5.74) is 6.42. The Bertz CT molecular complexity index is 1600. The number of benzene rings is 3. The van der Waals surface area contributed by atoms with Gasteiger partial charge in [-0.25, -0.2) is 4.79 Å². The Labute approximate surface area is 270 Å². The molecule has 0 spiro atoms. The van der Waals surface area contributed by atoms with E-state index in [0.717, 1.165) is 29.0 Å². The fraction of sp³-hybridized carbons (Fsp3) is 0.263. The summed E-state index contributed by atoms with van der Waals surface area (Å²) in [5, 5.41) is 8.83. The number of pyridine rings is 1. The van der Waals surface area contributed by atoms with Crippen LogP contribution in [0.15, 0.2) is 115 Å². The summed E-state index contributed by atoms with van der Waals surface area (Å²) in [5.74, 6) is 0.763. The standard InChI is InChI=1S/C38H40N4O2S/c43-38(41-35-18-20-36(21-19-35)44-28-37-9-5-23-45-37)42(27-31-6-4-22-39-24-31)26-30-12-16-33(17-13-30)32-14-10-29(11-15-32)25-40-34-7-2-1-3-8-34/h4-6,9-24,34,40H,1-3,7-8,25-28H2,(H,41,43). The van der Waals surface area contributed by atoms with Crippen LogP contribution >= 0.6 is 11.3 Å².